The minimum absolute atomic E-state index is 0.546. The second kappa shape index (κ2) is 6.41. The largest absolute Gasteiger partial charge is 0.313 e. The van der Waals surface area contributed by atoms with Crippen molar-refractivity contribution in [3.63, 3.8) is 0 Å². The molecule has 106 valence electrons. The normalized spacial score (nSPS) is 33.2. The Hall–Kier alpha value is -0.0400. The molecule has 1 heteroatoms. The molecule has 1 N–H and O–H groups in total. The summed E-state index contributed by atoms with van der Waals surface area (Å²) in [4.78, 5) is 0. The van der Waals surface area contributed by atoms with Crippen LogP contribution in [0.3, 0.4) is 0 Å². The molecule has 1 nitrogen and oxygen atoms in total. The van der Waals surface area contributed by atoms with Crippen LogP contribution >= 0.6 is 0 Å². The van der Waals surface area contributed by atoms with E-state index in [1.807, 2.05) is 0 Å². The van der Waals surface area contributed by atoms with Crippen LogP contribution in [0.5, 0.6) is 0 Å². The Morgan fingerprint density at radius 2 is 1.89 bits per heavy atom. The second-order valence-corrected chi connectivity index (χ2v) is 7.44. The lowest BCUT2D eigenvalue weighted by Gasteiger charge is -2.46. The van der Waals surface area contributed by atoms with Crippen LogP contribution in [-0.2, 0) is 0 Å². The van der Waals surface area contributed by atoms with Crippen molar-refractivity contribution in [2.75, 3.05) is 6.54 Å². The van der Waals surface area contributed by atoms with Crippen molar-refractivity contribution in [1.29, 1.82) is 0 Å². The zero-order valence-electron chi connectivity index (χ0n) is 12.8. The van der Waals surface area contributed by atoms with Gasteiger partial charge in [0, 0.05) is 6.04 Å². The van der Waals surface area contributed by atoms with Gasteiger partial charge in [-0.05, 0) is 49.5 Å². The van der Waals surface area contributed by atoms with Gasteiger partial charge in [0.15, 0.2) is 0 Å². The SMILES string of the molecule is CCCCCC(C)(C)C1CNC2CCCCC2C1. The van der Waals surface area contributed by atoms with Crippen LogP contribution in [0.2, 0.25) is 0 Å². The highest BCUT2D eigenvalue weighted by Crippen LogP contribution is 2.42. The first-order valence-electron chi connectivity index (χ1n) is 8.37. The van der Waals surface area contributed by atoms with E-state index in [0.717, 1.165) is 17.9 Å². The van der Waals surface area contributed by atoms with E-state index in [-0.39, 0.29) is 0 Å². The van der Waals surface area contributed by atoms with Crippen LogP contribution in [0.15, 0.2) is 0 Å². The predicted molar refractivity (Wildman–Crippen MR) is 79.8 cm³/mol. The van der Waals surface area contributed by atoms with E-state index in [1.54, 1.807) is 0 Å². The van der Waals surface area contributed by atoms with E-state index < -0.39 is 0 Å². The van der Waals surface area contributed by atoms with Crippen molar-refractivity contribution >= 4 is 0 Å². The number of fused-ring (bicyclic) bond motifs is 1. The fourth-order valence-electron chi connectivity index (χ4n) is 4.13. The molecule has 0 radical (unpaired) electrons. The summed E-state index contributed by atoms with van der Waals surface area (Å²) < 4.78 is 0. The number of unbranched alkanes of at least 4 members (excludes halogenated alkanes) is 2. The van der Waals surface area contributed by atoms with Gasteiger partial charge in [0.1, 0.15) is 0 Å². The van der Waals surface area contributed by atoms with Crippen LogP contribution in [0.4, 0.5) is 0 Å². The molecule has 3 atom stereocenters. The smallest absolute Gasteiger partial charge is 0.00955 e. The summed E-state index contributed by atoms with van der Waals surface area (Å²) in [5.41, 5.74) is 0.546. The predicted octanol–water partition coefficient (Wildman–Crippen LogP) is 4.76. The quantitative estimate of drug-likeness (QED) is 0.695. The number of hydrogen-bond donors (Lipinski definition) is 1. The third-order valence-electron chi connectivity index (χ3n) is 5.65. The average Bonchev–Trinajstić information content (AvgIpc) is 2.38. The second-order valence-electron chi connectivity index (χ2n) is 7.44. The fourth-order valence-corrected chi connectivity index (χ4v) is 4.13. The zero-order chi connectivity index (χ0) is 13.0. The molecule has 1 aliphatic heterocycles. The van der Waals surface area contributed by atoms with Crippen molar-refractivity contribution in [2.24, 2.45) is 17.3 Å². The molecule has 0 spiro atoms. The summed E-state index contributed by atoms with van der Waals surface area (Å²) in [6.45, 7) is 8.61. The number of piperidine rings is 1. The molecule has 1 saturated carbocycles. The molecule has 0 aromatic rings. The van der Waals surface area contributed by atoms with Gasteiger partial charge in [-0.15, -0.1) is 0 Å². The molecule has 2 aliphatic rings. The molecule has 0 aromatic carbocycles. The lowest BCUT2D eigenvalue weighted by Crippen LogP contribution is -2.50. The van der Waals surface area contributed by atoms with E-state index >= 15 is 0 Å². The van der Waals surface area contributed by atoms with Crippen molar-refractivity contribution in [1.82, 2.24) is 5.32 Å². The molecule has 1 aliphatic carbocycles. The first kappa shape index (κ1) is 14.4. The molecule has 1 saturated heterocycles. The van der Waals surface area contributed by atoms with Gasteiger partial charge in [-0.2, -0.15) is 0 Å². The Labute approximate surface area is 114 Å². The molecule has 1 heterocycles. The van der Waals surface area contributed by atoms with Gasteiger partial charge in [0.2, 0.25) is 0 Å². The molecule has 18 heavy (non-hydrogen) atoms. The maximum absolute atomic E-state index is 3.87. The van der Waals surface area contributed by atoms with E-state index in [2.05, 4.69) is 26.1 Å². The van der Waals surface area contributed by atoms with Crippen LogP contribution in [0.1, 0.15) is 78.6 Å². The van der Waals surface area contributed by atoms with Crippen molar-refractivity contribution < 1.29 is 0 Å². The van der Waals surface area contributed by atoms with Crippen LogP contribution in [-0.4, -0.2) is 12.6 Å². The first-order chi connectivity index (χ1) is 8.63. The molecule has 3 unspecified atom stereocenters. The standard InChI is InChI=1S/C17H33N/c1-4-5-8-11-17(2,3)15-12-14-9-6-7-10-16(14)18-13-15/h14-16,18H,4-13H2,1-3H3. The Bertz CT molecular complexity index is 246. The number of hydrogen-bond acceptors (Lipinski definition) is 1. The monoisotopic (exact) mass is 251 g/mol. The van der Waals surface area contributed by atoms with E-state index in [0.29, 0.717) is 5.41 Å². The summed E-state index contributed by atoms with van der Waals surface area (Å²) in [5, 5.41) is 3.87. The van der Waals surface area contributed by atoms with Gasteiger partial charge in [0.25, 0.3) is 0 Å². The summed E-state index contributed by atoms with van der Waals surface area (Å²) >= 11 is 0. The zero-order valence-corrected chi connectivity index (χ0v) is 12.8. The fraction of sp³-hybridized carbons (Fsp3) is 1.00. The molecule has 2 rings (SSSR count). The lowest BCUT2D eigenvalue weighted by atomic mass is 9.66. The minimum Gasteiger partial charge on any atom is -0.313 e. The highest BCUT2D eigenvalue weighted by Gasteiger charge is 2.38. The van der Waals surface area contributed by atoms with Crippen LogP contribution in [0, 0.1) is 17.3 Å². The first-order valence-corrected chi connectivity index (χ1v) is 8.37. The minimum atomic E-state index is 0.546. The summed E-state index contributed by atoms with van der Waals surface area (Å²) in [5.74, 6) is 1.90. The maximum atomic E-state index is 3.87. The molecule has 0 amide bonds. The van der Waals surface area contributed by atoms with Gasteiger partial charge in [-0.25, -0.2) is 0 Å². The van der Waals surface area contributed by atoms with Gasteiger partial charge in [-0.3, -0.25) is 0 Å². The Morgan fingerprint density at radius 1 is 1.11 bits per heavy atom. The van der Waals surface area contributed by atoms with E-state index in [1.165, 1.54) is 64.3 Å². The Kier molecular flexibility index (Phi) is 5.12. The molecular formula is C17H33N. The summed E-state index contributed by atoms with van der Waals surface area (Å²) in [6.07, 6.45) is 13.0. The third-order valence-corrected chi connectivity index (χ3v) is 5.65. The third kappa shape index (κ3) is 3.50. The van der Waals surface area contributed by atoms with Gasteiger partial charge < -0.3 is 5.32 Å². The Balaban J connectivity index is 1.84. The molecule has 0 aromatic heterocycles. The average molecular weight is 251 g/mol. The summed E-state index contributed by atoms with van der Waals surface area (Å²) in [6, 6.07) is 0.862. The number of rotatable bonds is 5. The van der Waals surface area contributed by atoms with Gasteiger partial charge in [-0.1, -0.05) is 52.9 Å². The van der Waals surface area contributed by atoms with Crippen molar-refractivity contribution in [3.05, 3.63) is 0 Å². The van der Waals surface area contributed by atoms with E-state index in [4.69, 9.17) is 0 Å². The maximum Gasteiger partial charge on any atom is 0.00955 e. The van der Waals surface area contributed by atoms with Crippen LogP contribution in [0.25, 0.3) is 0 Å². The van der Waals surface area contributed by atoms with Gasteiger partial charge in [0.05, 0.1) is 0 Å². The highest BCUT2D eigenvalue weighted by molar-refractivity contribution is 4.92. The van der Waals surface area contributed by atoms with E-state index in [9.17, 15) is 0 Å². The Morgan fingerprint density at radius 3 is 2.67 bits per heavy atom. The van der Waals surface area contributed by atoms with Crippen molar-refractivity contribution in [3.8, 4) is 0 Å². The van der Waals surface area contributed by atoms with Gasteiger partial charge >= 0.3 is 0 Å². The number of nitrogens with one attached hydrogen (secondary N) is 1. The molecular weight excluding hydrogens is 218 g/mol. The topological polar surface area (TPSA) is 12.0 Å². The summed E-state index contributed by atoms with van der Waals surface area (Å²) in [7, 11) is 0. The molecule has 0 bridgehead atoms. The molecule has 2 fully saturated rings. The van der Waals surface area contributed by atoms with Crippen molar-refractivity contribution in [2.45, 2.75) is 84.6 Å². The lowest BCUT2D eigenvalue weighted by molar-refractivity contribution is 0.0814. The highest BCUT2D eigenvalue weighted by atomic mass is 14.9. The van der Waals surface area contributed by atoms with Crippen LogP contribution < -0.4 is 5.32 Å².